The molecule has 0 radical (unpaired) electrons. The maximum Gasteiger partial charge on any atom is 0.227 e. The summed E-state index contributed by atoms with van der Waals surface area (Å²) in [5.41, 5.74) is 6.45. The van der Waals surface area contributed by atoms with E-state index in [9.17, 15) is 4.79 Å². The number of carbonyl (C=O) groups excluding carboxylic acids is 1. The van der Waals surface area contributed by atoms with Crippen molar-refractivity contribution < 1.29 is 4.79 Å². The predicted molar refractivity (Wildman–Crippen MR) is 97.4 cm³/mol. The summed E-state index contributed by atoms with van der Waals surface area (Å²) >= 11 is 0. The van der Waals surface area contributed by atoms with E-state index in [0.717, 1.165) is 34.7 Å². The van der Waals surface area contributed by atoms with Crippen LogP contribution < -0.4 is 4.90 Å². The van der Waals surface area contributed by atoms with Crippen molar-refractivity contribution in [2.45, 2.75) is 19.8 Å². The van der Waals surface area contributed by atoms with Crippen molar-refractivity contribution in [3.8, 4) is 11.3 Å². The topological polar surface area (TPSA) is 37.6 Å². The number of pyridine rings is 1. The number of anilines is 1. The predicted octanol–water partition coefficient (Wildman–Crippen LogP) is 3.80. The van der Waals surface area contributed by atoms with Crippen LogP contribution in [0.4, 0.5) is 5.69 Å². The van der Waals surface area contributed by atoms with Crippen LogP contribution in [0.1, 0.15) is 17.7 Å². The SMILES string of the molecule is Br.Cc1c(-c2ccc3c(c2)CCC(=O)N3C)nc2ccccn12. The van der Waals surface area contributed by atoms with Gasteiger partial charge in [0.05, 0.1) is 5.69 Å². The van der Waals surface area contributed by atoms with Crippen LogP contribution in [-0.4, -0.2) is 22.3 Å². The monoisotopic (exact) mass is 371 g/mol. The molecule has 5 heteroatoms. The van der Waals surface area contributed by atoms with E-state index >= 15 is 0 Å². The summed E-state index contributed by atoms with van der Waals surface area (Å²) in [6.07, 6.45) is 3.42. The van der Waals surface area contributed by atoms with Crippen molar-refractivity contribution in [2.75, 3.05) is 11.9 Å². The molecule has 0 unspecified atom stereocenters. The highest BCUT2D eigenvalue weighted by atomic mass is 79.9. The number of carbonyl (C=O) groups is 1. The highest BCUT2D eigenvalue weighted by Gasteiger charge is 2.21. The summed E-state index contributed by atoms with van der Waals surface area (Å²) in [4.78, 5) is 18.3. The van der Waals surface area contributed by atoms with E-state index in [2.05, 4.69) is 23.5 Å². The van der Waals surface area contributed by atoms with Crippen LogP contribution in [-0.2, 0) is 11.2 Å². The molecule has 3 heterocycles. The Hall–Kier alpha value is -2.14. The number of halogens is 1. The van der Waals surface area contributed by atoms with Gasteiger partial charge in [-0.15, -0.1) is 17.0 Å². The first-order chi connectivity index (χ1) is 10.6. The molecule has 23 heavy (non-hydrogen) atoms. The van der Waals surface area contributed by atoms with E-state index in [1.165, 1.54) is 5.56 Å². The molecule has 0 aliphatic carbocycles. The molecule has 0 saturated heterocycles. The van der Waals surface area contributed by atoms with Crippen molar-refractivity contribution in [3.05, 3.63) is 53.9 Å². The Labute approximate surface area is 145 Å². The van der Waals surface area contributed by atoms with Gasteiger partial charge in [0.2, 0.25) is 5.91 Å². The minimum Gasteiger partial charge on any atom is -0.315 e. The molecule has 1 aliphatic rings. The van der Waals surface area contributed by atoms with Crippen LogP contribution in [0.3, 0.4) is 0 Å². The number of fused-ring (bicyclic) bond motifs is 2. The van der Waals surface area contributed by atoms with Gasteiger partial charge in [0, 0.05) is 36.6 Å². The van der Waals surface area contributed by atoms with Gasteiger partial charge in [-0.2, -0.15) is 0 Å². The van der Waals surface area contributed by atoms with Gasteiger partial charge in [0.1, 0.15) is 5.65 Å². The summed E-state index contributed by atoms with van der Waals surface area (Å²) in [6, 6.07) is 12.3. The maximum absolute atomic E-state index is 11.8. The molecule has 1 aliphatic heterocycles. The first-order valence-electron chi connectivity index (χ1n) is 7.48. The van der Waals surface area contributed by atoms with Crippen molar-refractivity contribution in [1.29, 1.82) is 0 Å². The lowest BCUT2D eigenvalue weighted by molar-refractivity contribution is -0.118. The normalized spacial score (nSPS) is 13.8. The Morgan fingerprint density at radius 3 is 2.74 bits per heavy atom. The Kier molecular flexibility index (Phi) is 3.98. The molecule has 0 bridgehead atoms. The van der Waals surface area contributed by atoms with E-state index in [1.807, 2.05) is 37.5 Å². The van der Waals surface area contributed by atoms with Crippen LogP contribution in [0.15, 0.2) is 42.6 Å². The number of aromatic nitrogens is 2. The number of hydrogen-bond acceptors (Lipinski definition) is 2. The number of nitrogens with zero attached hydrogens (tertiary/aromatic N) is 3. The Morgan fingerprint density at radius 1 is 1.13 bits per heavy atom. The number of rotatable bonds is 1. The molecular weight excluding hydrogens is 354 g/mol. The molecule has 0 atom stereocenters. The molecule has 1 aromatic carbocycles. The minimum atomic E-state index is 0. The lowest BCUT2D eigenvalue weighted by atomic mass is 9.98. The summed E-state index contributed by atoms with van der Waals surface area (Å²) < 4.78 is 2.10. The zero-order valence-electron chi connectivity index (χ0n) is 13.1. The van der Waals surface area contributed by atoms with Crippen LogP contribution >= 0.6 is 17.0 Å². The largest absolute Gasteiger partial charge is 0.315 e. The van der Waals surface area contributed by atoms with Gasteiger partial charge in [-0.3, -0.25) is 4.79 Å². The fraction of sp³-hybridized carbons (Fsp3) is 0.222. The smallest absolute Gasteiger partial charge is 0.227 e. The maximum atomic E-state index is 11.8. The first kappa shape index (κ1) is 15.7. The summed E-state index contributed by atoms with van der Waals surface area (Å²) in [7, 11) is 1.84. The second-order valence-corrected chi connectivity index (χ2v) is 5.77. The van der Waals surface area contributed by atoms with Gasteiger partial charge in [0.15, 0.2) is 0 Å². The third-order valence-electron chi connectivity index (χ3n) is 4.47. The van der Waals surface area contributed by atoms with Crippen molar-refractivity contribution in [2.24, 2.45) is 0 Å². The summed E-state index contributed by atoms with van der Waals surface area (Å²) in [5.74, 6) is 0.184. The number of aryl methyl sites for hydroxylation is 2. The van der Waals surface area contributed by atoms with Crippen LogP contribution in [0, 0.1) is 6.92 Å². The molecular formula is C18H18BrN3O. The molecule has 4 nitrogen and oxygen atoms in total. The zero-order valence-corrected chi connectivity index (χ0v) is 14.8. The highest BCUT2D eigenvalue weighted by Crippen LogP contribution is 2.32. The second kappa shape index (κ2) is 5.81. The Balaban J connectivity index is 0.00000156. The first-order valence-corrected chi connectivity index (χ1v) is 7.48. The molecule has 0 saturated carbocycles. The zero-order chi connectivity index (χ0) is 15.3. The van der Waals surface area contributed by atoms with E-state index < -0.39 is 0 Å². The fourth-order valence-electron chi connectivity index (χ4n) is 3.20. The van der Waals surface area contributed by atoms with Crippen molar-refractivity contribution in [3.63, 3.8) is 0 Å². The van der Waals surface area contributed by atoms with Gasteiger partial charge in [-0.05, 0) is 43.2 Å². The number of amides is 1. The molecule has 3 aromatic rings. The molecule has 4 rings (SSSR count). The van der Waals surface area contributed by atoms with Crippen molar-refractivity contribution in [1.82, 2.24) is 9.38 Å². The van der Waals surface area contributed by atoms with Gasteiger partial charge in [-0.25, -0.2) is 4.98 Å². The summed E-state index contributed by atoms with van der Waals surface area (Å²) in [6.45, 7) is 2.09. The molecule has 0 N–H and O–H groups in total. The molecule has 118 valence electrons. The van der Waals surface area contributed by atoms with E-state index in [1.54, 1.807) is 4.90 Å². The van der Waals surface area contributed by atoms with Crippen LogP contribution in [0.25, 0.3) is 16.9 Å². The lowest BCUT2D eigenvalue weighted by Crippen LogP contribution is -2.30. The number of imidazole rings is 1. The standard InChI is InChI=1S/C18H17N3O.BrH/c1-12-18(19-16-5-3-4-10-21(12)16)14-6-8-15-13(11-14)7-9-17(22)20(15)2;/h3-6,8,10-11H,7,9H2,1-2H3;1H. The summed E-state index contributed by atoms with van der Waals surface area (Å²) in [5, 5.41) is 0. The highest BCUT2D eigenvalue weighted by molar-refractivity contribution is 8.93. The van der Waals surface area contributed by atoms with Gasteiger partial charge in [-0.1, -0.05) is 12.1 Å². The Bertz CT molecular complexity index is 900. The van der Waals surface area contributed by atoms with Crippen LogP contribution in [0.5, 0.6) is 0 Å². The number of benzene rings is 1. The third kappa shape index (κ3) is 2.45. The molecule has 2 aromatic heterocycles. The van der Waals surface area contributed by atoms with E-state index in [-0.39, 0.29) is 22.9 Å². The number of hydrogen-bond donors (Lipinski definition) is 0. The van der Waals surface area contributed by atoms with Gasteiger partial charge in [0.25, 0.3) is 0 Å². The minimum absolute atomic E-state index is 0. The Morgan fingerprint density at radius 2 is 1.96 bits per heavy atom. The molecule has 0 fully saturated rings. The fourth-order valence-corrected chi connectivity index (χ4v) is 3.20. The lowest BCUT2D eigenvalue weighted by Gasteiger charge is -2.26. The molecule has 0 spiro atoms. The third-order valence-corrected chi connectivity index (χ3v) is 4.47. The van der Waals surface area contributed by atoms with E-state index in [4.69, 9.17) is 4.98 Å². The quantitative estimate of drug-likeness (QED) is 0.652. The van der Waals surface area contributed by atoms with Gasteiger partial charge >= 0.3 is 0 Å². The molecule has 1 amide bonds. The van der Waals surface area contributed by atoms with Gasteiger partial charge < -0.3 is 9.30 Å². The van der Waals surface area contributed by atoms with Crippen molar-refractivity contribution >= 4 is 34.2 Å². The second-order valence-electron chi connectivity index (χ2n) is 5.77. The van der Waals surface area contributed by atoms with Crippen LogP contribution in [0.2, 0.25) is 0 Å². The average molecular weight is 372 g/mol. The van der Waals surface area contributed by atoms with E-state index in [0.29, 0.717) is 6.42 Å². The average Bonchev–Trinajstić information content (AvgIpc) is 2.88.